The Morgan fingerprint density at radius 2 is 2.24 bits per heavy atom. The number of nitrogens with two attached hydrogens (primary N) is 1. The summed E-state index contributed by atoms with van der Waals surface area (Å²) in [5.74, 6) is 0. The Morgan fingerprint density at radius 1 is 1.41 bits per heavy atom. The van der Waals surface area contributed by atoms with Gasteiger partial charge in [0.25, 0.3) is 0 Å². The van der Waals surface area contributed by atoms with E-state index in [9.17, 15) is 0 Å². The van der Waals surface area contributed by atoms with E-state index in [1.165, 1.54) is 28.6 Å². The van der Waals surface area contributed by atoms with Gasteiger partial charge in [0.05, 0.1) is 18.2 Å². The molecule has 3 N–H and O–H groups in total. The first-order valence-electron chi connectivity index (χ1n) is 6.20. The Kier molecular flexibility index (Phi) is 2.45. The molecule has 1 aliphatic rings. The van der Waals surface area contributed by atoms with Crippen molar-refractivity contribution >= 4 is 10.9 Å². The van der Waals surface area contributed by atoms with Crippen molar-refractivity contribution < 1.29 is 5.11 Å². The van der Waals surface area contributed by atoms with Crippen molar-refractivity contribution in [1.82, 2.24) is 4.57 Å². The molecule has 1 aliphatic heterocycles. The number of aromatic nitrogens is 1. The van der Waals surface area contributed by atoms with Gasteiger partial charge >= 0.3 is 0 Å². The highest BCUT2D eigenvalue weighted by molar-refractivity contribution is 5.86. The third kappa shape index (κ3) is 1.58. The zero-order valence-electron chi connectivity index (χ0n) is 10.1. The van der Waals surface area contributed by atoms with Gasteiger partial charge in [-0.05, 0) is 43.0 Å². The van der Waals surface area contributed by atoms with Crippen LogP contribution in [0.4, 0.5) is 0 Å². The van der Waals surface area contributed by atoms with Crippen molar-refractivity contribution in [3.63, 3.8) is 0 Å². The molecule has 2 aromatic rings. The molecule has 90 valence electrons. The van der Waals surface area contributed by atoms with E-state index in [2.05, 4.69) is 29.7 Å². The smallest absolute Gasteiger partial charge is 0.0624 e. The number of benzene rings is 1. The molecule has 0 amide bonds. The lowest BCUT2D eigenvalue weighted by molar-refractivity contribution is 0.268. The molecule has 17 heavy (non-hydrogen) atoms. The normalized spacial score (nSPS) is 16.4. The topological polar surface area (TPSA) is 51.2 Å². The highest BCUT2D eigenvalue weighted by atomic mass is 16.3. The summed E-state index contributed by atoms with van der Waals surface area (Å²) in [6.07, 6.45) is 2.31. The van der Waals surface area contributed by atoms with Crippen molar-refractivity contribution in [3.05, 3.63) is 35.0 Å². The van der Waals surface area contributed by atoms with Crippen LogP contribution in [-0.2, 0) is 13.0 Å². The molecular formula is C14H18N2O. The molecule has 0 spiro atoms. The first-order chi connectivity index (χ1) is 8.20. The molecule has 0 saturated heterocycles. The van der Waals surface area contributed by atoms with Crippen molar-refractivity contribution in [2.75, 3.05) is 6.61 Å². The van der Waals surface area contributed by atoms with E-state index < -0.39 is 0 Å². The molecule has 0 fully saturated rings. The summed E-state index contributed by atoms with van der Waals surface area (Å²) in [4.78, 5) is 0. The zero-order chi connectivity index (χ0) is 12.0. The fraction of sp³-hybridized carbons (Fsp3) is 0.429. The highest BCUT2D eigenvalue weighted by Crippen LogP contribution is 2.31. The lowest BCUT2D eigenvalue weighted by atomic mass is 9.97. The van der Waals surface area contributed by atoms with Gasteiger partial charge in [0.15, 0.2) is 0 Å². The third-order valence-corrected chi connectivity index (χ3v) is 3.75. The summed E-state index contributed by atoms with van der Waals surface area (Å²) < 4.78 is 2.39. The maximum absolute atomic E-state index is 9.17. The van der Waals surface area contributed by atoms with Crippen LogP contribution >= 0.6 is 0 Å². The number of rotatable bonds is 2. The second-order valence-corrected chi connectivity index (χ2v) is 4.95. The van der Waals surface area contributed by atoms with Gasteiger partial charge in [-0.15, -0.1) is 0 Å². The summed E-state index contributed by atoms with van der Waals surface area (Å²) in [5, 5.41) is 10.4. The molecule has 3 heteroatoms. The number of hydrogen-bond donors (Lipinski definition) is 2. The van der Waals surface area contributed by atoms with E-state index in [1.54, 1.807) is 0 Å². The van der Waals surface area contributed by atoms with Crippen LogP contribution in [-0.4, -0.2) is 16.3 Å². The maximum Gasteiger partial charge on any atom is 0.0624 e. The molecular weight excluding hydrogens is 212 g/mol. The lowest BCUT2D eigenvalue weighted by Crippen LogP contribution is -2.16. The Bertz CT molecular complexity index is 571. The Morgan fingerprint density at radius 3 is 3.00 bits per heavy atom. The monoisotopic (exact) mass is 230 g/mol. The van der Waals surface area contributed by atoms with Gasteiger partial charge in [-0.2, -0.15) is 0 Å². The first-order valence-corrected chi connectivity index (χ1v) is 6.20. The minimum absolute atomic E-state index is 0.00460. The summed E-state index contributed by atoms with van der Waals surface area (Å²) in [5.41, 5.74) is 11.0. The highest BCUT2D eigenvalue weighted by Gasteiger charge is 2.17. The van der Waals surface area contributed by atoms with Crippen LogP contribution in [0.2, 0.25) is 0 Å². The Balaban J connectivity index is 2.26. The summed E-state index contributed by atoms with van der Waals surface area (Å²) in [6.45, 7) is 3.28. The molecule has 0 bridgehead atoms. The van der Waals surface area contributed by atoms with Crippen LogP contribution in [0.5, 0.6) is 0 Å². The molecule has 3 rings (SSSR count). The third-order valence-electron chi connectivity index (χ3n) is 3.75. The summed E-state index contributed by atoms with van der Waals surface area (Å²) in [7, 11) is 0. The van der Waals surface area contributed by atoms with Crippen LogP contribution in [0, 0.1) is 6.92 Å². The van der Waals surface area contributed by atoms with Gasteiger partial charge in [-0.25, -0.2) is 0 Å². The minimum Gasteiger partial charge on any atom is -0.394 e. The van der Waals surface area contributed by atoms with Gasteiger partial charge < -0.3 is 15.4 Å². The minimum atomic E-state index is -0.263. The quantitative estimate of drug-likeness (QED) is 0.827. The number of aryl methyl sites for hydroxylation is 3. The van der Waals surface area contributed by atoms with Crippen LogP contribution in [0.15, 0.2) is 18.2 Å². The van der Waals surface area contributed by atoms with Crippen LogP contribution in [0.3, 0.4) is 0 Å². The molecule has 3 nitrogen and oxygen atoms in total. The average Bonchev–Trinajstić information content (AvgIpc) is 2.67. The molecule has 1 unspecified atom stereocenters. The second-order valence-electron chi connectivity index (χ2n) is 4.95. The van der Waals surface area contributed by atoms with E-state index in [-0.39, 0.29) is 12.6 Å². The predicted molar refractivity (Wildman–Crippen MR) is 69.0 cm³/mol. The van der Waals surface area contributed by atoms with Crippen LogP contribution in [0.25, 0.3) is 10.9 Å². The number of aliphatic hydroxyl groups is 1. The molecule has 0 aliphatic carbocycles. The molecule has 1 atom stereocenters. The van der Waals surface area contributed by atoms with Gasteiger partial charge in [0.1, 0.15) is 0 Å². The molecule has 2 heterocycles. The molecule has 0 radical (unpaired) electrons. The average molecular weight is 230 g/mol. The zero-order valence-corrected chi connectivity index (χ0v) is 10.1. The molecule has 0 saturated carbocycles. The Hall–Kier alpha value is -1.32. The van der Waals surface area contributed by atoms with Crippen molar-refractivity contribution in [3.8, 4) is 0 Å². The summed E-state index contributed by atoms with van der Waals surface area (Å²) in [6, 6.07) is 6.24. The standard InChI is InChI=1S/C14H18N2O/c1-9-5-12-7-11(13(15)8-17)6-10-3-2-4-16(9)14(10)12/h5-7,13,17H,2-4,8,15H2,1H3. The lowest BCUT2D eigenvalue weighted by Gasteiger charge is -2.19. The molecule has 1 aromatic carbocycles. The van der Waals surface area contributed by atoms with E-state index in [0.717, 1.165) is 18.5 Å². The van der Waals surface area contributed by atoms with Crippen molar-refractivity contribution in [1.29, 1.82) is 0 Å². The maximum atomic E-state index is 9.17. The van der Waals surface area contributed by atoms with E-state index >= 15 is 0 Å². The largest absolute Gasteiger partial charge is 0.394 e. The predicted octanol–water partition coefficient (Wildman–Crippen LogP) is 1.89. The van der Waals surface area contributed by atoms with Crippen LogP contribution < -0.4 is 5.73 Å². The van der Waals surface area contributed by atoms with Gasteiger partial charge in [0.2, 0.25) is 0 Å². The molecule has 1 aromatic heterocycles. The van der Waals surface area contributed by atoms with E-state index in [1.807, 2.05) is 0 Å². The summed E-state index contributed by atoms with van der Waals surface area (Å²) >= 11 is 0. The van der Waals surface area contributed by atoms with Gasteiger partial charge in [0, 0.05) is 17.6 Å². The first kappa shape index (κ1) is 10.8. The van der Waals surface area contributed by atoms with Crippen molar-refractivity contribution in [2.45, 2.75) is 32.4 Å². The van der Waals surface area contributed by atoms with E-state index in [0.29, 0.717) is 0 Å². The SMILES string of the molecule is Cc1cc2cc(C(N)CO)cc3c2n1CCC3. The Labute approximate surface area is 101 Å². The van der Waals surface area contributed by atoms with Gasteiger partial charge in [-0.1, -0.05) is 6.07 Å². The van der Waals surface area contributed by atoms with E-state index in [4.69, 9.17) is 10.8 Å². The second kappa shape index (κ2) is 3.86. The van der Waals surface area contributed by atoms with Crippen LogP contribution in [0.1, 0.15) is 29.3 Å². The fourth-order valence-corrected chi connectivity index (χ4v) is 2.89. The fourth-order valence-electron chi connectivity index (χ4n) is 2.89. The van der Waals surface area contributed by atoms with Gasteiger partial charge in [-0.3, -0.25) is 0 Å². The van der Waals surface area contributed by atoms with Crippen molar-refractivity contribution in [2.24, 2.45) is 5.73 Å². The number of aliphatic hydroxyl groups excluding tert-OH is 1. The number of nitrogens with zero attached hydrogens (tertiary/aromatic N) is 1. The number of hydrogen-bond acceptors (Lipinski definition) is 2.